The highest BCUT2D eigenvalue weighted by Gasteiger charge is 2.17. The predicted molar refractivity (Wildman–Crippen MR) is 80.6 cm³/mol. The van der Waals surface area contributed by atoms with Gasteiger partial charge in [0.2, 0.25) is 0 Å². The fourth-order valence-electron chi connectivity index (χ4n) is 1.61. The van der Waals surface area contributed by atoms with Crippen molar-refractivity contribution in [1.29, 1.82) is 0 Å². The summed E-state index contributed by atoms with van der Waals surface area (Å²) in [6.45, 7) is 0. The first-order valence-electron chi connectivity index (χ1n) is 5.54. The van der Waals surface area contributed by atoms with E-state index in [1.54, 1.807) is 0 Å². The van der Waals surface area contributed by atoms with Gasteiger partial charge in [-0.2, -0.15) is 0 Å². The summed E-state index contributed by atoms with van der Waals surface area (Å²) >= 11 is 17.4. The summed E-state index contributed by atoms with van der Waals surface area (Å²) in [5, 5.41) is 11.7. The zero-order valence-electron chi connectivity index (χ0n) is 10.2. The second kappa shape index (κ2) is 6.30. The summed E-state index contributed by atoms with van der Waals surface area (Å²) in [7, 11) is 0. The zero-order chi connectivity index (χ0) is 15.6. The number of para-hydroxylation sites is 1. The number of nitrogens with one attached hydrogen (secondary N) is 1. The third kappa shape index (κ3) is 3.64. The zero-order valence-corrected chi connectivity index (χ0v) is 12.5. The number of hydrogen-bond acceptors (Lipinski definition) is 3. The third-order valence-corrected chi connectivity index (χ3v) is 3.21. The third-order valence-electron chi connectivity index (χ3n) is 2.51. The highest BCUT2D eigenvalue weighted by atomic mass is 35.5. The van der Waals surface area contributed by atoms with E-state index in [4.69, 9.17) is 39.9 Å². The second-order valence-electron chi connectivity index (χ2n) is 3.92. The Balaban J connectivity index is 2.38. The van der Waals surface area contributed by atoms with Crippen LogP contribution >= 0.6 is 34.8 Å². The van der Waals surface area contributed by atoms with E-state index >= 15 is 0 Å². The van der Waals surface area contributed by atoms with Crippen LogP contribution in [0, 0.1) is 0 Å². The topological polar surface area (TPSA) is 79.3 Å². The quantitative estimate of drug-likeness (QED) is 0.824. The van der Waals surface area contributed by atoms with Gasteiger partial charge in [0.1, 0.15) is 10.3 Å². The molecule has 0 fully saturated rings. The average Bonchev–Trinajstić information content (AvgIpc) is 2.39. The molecule has 8 heteroatoms. The molecule has 1 amide bonds. The van der Waals surface area contributed by atoms with Crippen LogP contribution in [0.25, 0.3) is 0 Å². The molecule has 1 heterocycles. The molecule has 0 radical (unpaired) electrons. The van der Waals surface area contributed by atoms with Crippen LogP contribution in [0.15, 0.2) is 30.3 Å². The van der Waals surface area contributed by atoms with Crippen molar-refractivity contribution in [3.63, 3.8) is 0 Å². The van der Waals surface area contributed by atoms with Gasteiger partial charge in [0.25, 0.3) is 5.91 Å². The number of hydrogen-bond donors (Lipinski definition) is 2. The lowest BCUT2D eigenvalue weighted by molar-refractivity contribution is 0.0698. The van der Waals surface area contributed by atoms with Gasteiger partial charge in [0, 0.05) is 5.56 Å². The highest BCUT2D eigenvalue weighted by molar-refractivity contribution is 6.35. The Morgan fingerprint density at radius 3 is 2.29 bits per heavy atom. The Labute approximate surface area is 134 Å². The molecule has 1 aromatic carbocycles. The lowest BCUT2D eigenvalue weighted by Crippen LogP contribution is -2.15. The molecular formula is C13H7Cl3N2O3. The molecule has 2 aromatic rings. The predicted octanol–water partition coefficient (Wildman–Crippen LogP) is 3.99. The van der Waals surface area contributed by atoms with Crippen LogP contribution in [-0.4, -0.2) is 22.0 Å². The summed E-state index contributed by atoms with van der Waals surface area (Å²) in [4.78, 5) is 27.0. The number of pyridine rings is 1. The van der Waals surface area contributed by atoms with E-state index in [2.05, 4.69) is 10.3 Å². The molecular weight excluding hydrogens is 339 g/mol. The summed E-state index contributed by atoms with van der Waals surface area (Å²) in [6, 6.07) is 6.88. The molecule has 0 saturated heterocycles. The average molecular weight is 346 g/mol. The van der Waals surface area contributed by atoms with E-state index in [0.29, 0.717) is 0 Å². The minimum absolute atomic E-state index is 0.000670. The van der Waals surface area contributed by atoms with Crippen molar-refractivity contribution in [3.05, 3.63) is 56.8 Å². The summed E-state index contributed by atoms with van der Waals surface area (Å²) < 4.78 is 0. The molecule has 0 aliphatic rings. The lowest BCUT2D eigenvalue weighted by Gasteiger charge is -2.10. The van der Waals surface area contributed by atoms with Gasteiger partial charge in [-0.1, -0.05) is 40.9 Å². The van der Waals surface area contributed by atoms with Crippen LogP contribution in [0.4, 0.5) is 5.69 Å². The Hall–Kier alpha value is -1.82. The number of aromatic carboxylic acids is 1. The van der Waals surface area contributed by atoms with E-state index in [1.807, 2.05) is 0 Å². The number of carbonyl (C=O) groups is 2. The van der Waals surface area contributed by atoms with Gasteiger partial charge >= 0.3 is 5.97 Å². The maximum atomic E-state index is 12.1. The molecule has 1 aromatic heterocycles. The number of halogens is 3. The molecule has 0 aliphatic carbocycles. The molecule has 0 bridgehead atoms. The number of aromatic nitrogens is 1. The summed E-state index contributed by atoms with van der Waals surface area (Å²) in [5.74, 6) is -1.81. The van der Waals surface area contributed by atoms with Crippen molar-refractivity contribution < 1.29 is 14.7 Å². The lowest BCUT2D eigenvalue weighted by atomic mass is 10.1. The fraction of sp³-hybridized carbons (Fsp3) is 0. The molecule has 0 spiro atoms. The van der Waals surface area contributed by atoms with Gasteiger partial charge in [-0.3, -0.25) is 4.79 Å². The summed E-state index contributed by atoms with van der Waals surface area (Å²) in [6.07, 6.45) is 0. The van der Waals surface area contributed by atoms with Crippen LogP contribution in [-0.2, 0) is 0 Å². The van der Waals surface area contributed by atoms with E-state index in [9.17, 15) is 9.59 Å². The molecule has 0 atom stereocenters. The largest absolute Gasteiger partial charge is 0.478 e. The van der Waals surface area contributed by atoms with Gasteiger partial charge in [0.15, 0.2) is 0 Å². The number of rotatable bonds is 3. The van der Waals surface area contributed by atoms with Crippen LogP contribution in [0.3, 0.4) is 0 Å². The number of benzene rings is 1. The van der Waals surface area contributed by atoms with Crippen LogP contribution < -0.4 is 5.32 Å². The number of carboxylic acid groups (broad SMARTS) is 1. The Morgan fingerprint density at radius 2 is 1.71 bits per heavy atom. The number of anilines is 1. The number of nitrogens with zero attached hydrogens (tertiary/aromatic N) is 1. The minimum atomic E-state index is -1.21. The maximum absolute atomic E-state index is 12.1. The highest BCUT2D eigenvalue weighted by Crippen LogP contribution is 2.27. The van der Waals surface area contributed by atoms with Crippen LogP contribution in [0.1, 0.15) is 20.7 Å². The van der Waals surface area contributed by atoms with Crippen molar-refractivity contribution in [3.8, 4) is 0 Å². The molecule has 5 nitrogen and oxygen atoms in total. The number of amides is 1. The molecule has 2 N–H and O–H groups in total. The number of carboxylic acids is 1. The Kier molecular flexibility index (Phi) is 4.67. The molecule has 0 aliphatic heterocycles. The first-order chi connectivity index (χ1) is 9.88. The SMILES string of the molecule is O=C(Nc1c(Cl)cccc1C(=O)O)c1cc(Cl)nc(Cl)c1. The van der Waals surface area contributed by atoms with Crippen LogP contribution in [0.2, 0.25) is 15.3 Å². The smallest absolute Gasteiger partial charge is 0.337 e. The van der Waals surface area contributed by atoms with Crippen molar-refractivity contribution >= 4 is 52.4 Å². The maximum Gasteiger partial charge on any atom is 0.337 e. The first-order valence-corrected chi connectivity index (χ1v) is 6.68. The van der Waals surface area contributed by atoms with Crippen LogP contribution in [0.5, 0.6) is 0 Å². The van der Waals surface area contributed by atoms with Gasteiger partial charge in [-0.05, 0) is 24.3 Å². The van der Waals surface area contributed by atoms with Crippen molar-refractivity contribution in [2.24, 2.45) is 0 Å². The molecule has 21 heavy (non-hydrogen) atoms. The van der Waals surface area contributed by atoms with E-state index < -0.39 is 11.9 Å². The first kappa shape index (κ1) is 15.6. The molecule has 0 saturated carbocycles. The van der Waals surface area contributed by atoms with Crippen molar-refractivity contribution in [2.75, 3.05) is 5.32 Å². The fourth-order valence-corrected chi connectivity index (χ4v) is 2.29. The molecule has 0 unspecified atom stereocenters. The minimum Gasteiger partial charge on any atom is -0.478 e. The molecule has 108 valence electrons. The van der Waals surface area contributed by atoms with Gasteiger partial charge in [-0.25, -0.2) is 9.78 Å². The Morgan fingerprint density at radius 1 is 1.10 bits per heavy atom. The molecule has 2 rings (SSSR count). The standard InChI is InChI=1S/C13H7Cl3N2O3/c14-8-3-1-2-7(13(20)21)11(8)18-12(19)6-4-9(15)17-10(16)5-6/h1-5H,(H,18,19)(H,20,21). The van der Waals surface area contributed by atoms with E-state index in [0.717, 1.165) is 0 Å². The van der Waals surface area contributed by atoms with E-state index in [-0.39, 0.29) is 32.1 Å². The Bertz CT molecular complexity index is 714. The van der Waals surface area contributed by atoms with Crippen molar-refractivity contribution in [1.82, 2.24) is 4.98 Å². The van der Waals surface area contributed by atoms with Gasteiger partial charge in [0.05, 0.1) is 16.3 Å². The van der Waals surface area contributed by atoms with Gasteiger partial charge in [-0.15, -0.1) is 0 Å². The monoisotopic (exact) mass is 344 g/mol. The normalized spacial score (nSPS) is 10.2. The van der Waals surface area contributed by atoms with Gasteiger partial charge < -0.3 is 10.4 Å². The summed E-state index contributed by atoms with van der Waals surface area (Å²) in [5.41, 5.74) is 0.0130. The number of carbonyl (C=O) groups excluding carboxylic acids is 1. The van der Waals surface area contributed by atoms with Crippen molar-refractivity contribution in [2.45, 2.75) is 0 Å². The second-order valence-corrected chi connectivity index (χ2v) is 5.10. The van der Waals surface area contributed by atoms with E-state index in [1.165, 1.54) is 30.3 Å².